The van der Waals surface area contributed by atoms with Gasteiger partial charge in [0.05, 0.1) is 11.5 Å². The van der Waals surface area contributed by atoms with E-state index in [0.717, 1.165) is 11.1 Å². The van der Waals surface area contributed by atoms with E-state index in [-0.39, 0.29) is 11.5 Å². The Kier molecular flexibility index (Phi) is 3.61. The van der Waals surface area contributed by atoms with Crippen LogP contribution < -0.4 is 10.5 Å². The zero-order chi connectivity index (χ0) is 13.3. The average Bonchev–Trinajstić information content (AvgIpc) is 2.54. The van der Waals surface area contributed by atoms with Crippen molar-refractivity contribution in [2.24, 2.45) is 5.73 Å². The Bertz CT molecular complexity index is 541. The van der Waals surface area contributed by atoms with E-state index in [4.69, 9.17) is 10.5 Å². The minimum Gasteiger partial charge on any atom is -0.486 e. The molecule has 0 bridgehead atoms. The van der Waals surface area contributed by atoms with Crippen LogP contribution in [0.2, 0.25) is 0 Å². The number of ether oxygens (including phenoxy) is 1. The van der Waals surface area contributed by atoms with Gasteiger partial charge < -0.3 is 15.6 Å². The van der Waals surface area contributed by atoms with Gasteiger partial charge in [0.15, 0.2) is 9.84 Å². The molecule has 1 aliphatic rings. The van der Waals surface area contributed by atoms with E-state index in [9.17, 15) is 13.5 Å². The van der Waals surface area contributed by atoms with Crippen molar-refractivity contribution in [1.29, 1.82) is 0 Å². The number of aliphatic hydroxyl groups is 1. The molecular weight excluding hydrogens is 254 g/mol. The maximum absolute atomic E-state index is 11.4. The highest BCUT2D eigenvalue weighted by Gasteiger charge is 2.38. The first kappa shape index (κ1) is 13.3. The highest BCUT2D eigenvalue weighted by atomic mass is 32.2. The largest absolute Gasteiger partial charge is 0.486 e. The molecule has 0 amide bonds. The fourth-order valence-electron chi connectivity index (χ4n) is 2.06. The van der Waals surface area contributed by atoms with Crippen LogP contribution in [0.1, 0.15) is 11.1 Å². The lowest BCUT2D eigenvalue weighted by Gasteiger charge is -2.18. The van der Waals surface area contributed by atoms with Crippen LogP contribution in [-0.4, -0.2) is 37.2 Å². The summed E-state index contributed by atoms with van der Waals surface area (Å²) in [6.45, 7) is 2.25. The summed E-state index contributed by atoms with van der Waals surface area (Å²) in [4.78, 5) is 0. The zero-order valence-electron chi connectivity index (χ0n) is 10.2. The Labute approximate surface area is 106 Å². The summed E-state index contributed by atoms with van der Waals surface area (Å²) >= 11 is 0. The number of benzene rings is 1. The third-order valence-electron chi connectivity index (χ3n) is 2.99. The van der Waals surface area contributed by atoms with Gasteiger partial charge in [-0.2, -0.15) is 0 Å². The van der Waals surface area contributed by atoms with Crippen LogP contribution in [0.5, 0.6) is 5.75 Å². The van der Waals surface area contributed by atoms with Crippen LogP contribution in [0.25, 0.3) is 0 Å². The molecule has 1 aromatic carbocycles. The summed E-state index contributed by atoms with van der Waals surface area (Å²) in [5, 5.41) is 9.67. The van der Waals surface area contributed by atoms with E-state index in [2.05, 4.69) is 0 Å². The lowest BCUT2D eigenvalue weighted by atomic mass is 10.1. The van der Waals surface area contributed by atoms with E-state index in [1.807, 2.05) is 19.1 Å². The van der Waals surface area contributed by atoms with Crippen molar-refractivity contribution in [2.75, 3.05) is 11.5 Å². The van der Waals surface area contributed by atoms with Gasteiger partial charge in [-0.15, -0.1) is 0 Å². The molecule has 100 valence electrons. The number of rotatable bonds is 3. The molecule has 5 nitrogen and oxygen atoms in total. The Hall–Kier alpha value is -1.11. The quantitative estimate of drug-likeness (QED) is 0.807. The summed E-state index contributed by atoms with van der Waals surface area (Å²) in [7, 11) is -3.20. The molecule has 3 N–H and O–H groups in total. The maximum atomic E-state index is 11.4. The summed E-state index contributed by atoms with van der Waals surface area (Å²) in [6, 6.07) is 5.52. The SMILES string of the molecule is Cc1ccc(OC2CS(=O)(=O)CC2O)c(CN)c1. The van der Waals surface area contributed by atoms with Crippen molar-refractivity contribution in [2.45, 2.75) is 25.7 Å². The third-order valence-corrected chi connectivity index (χ3v) is 4.67. The molecule has 1 aliphatic heterocycles. The first-order chi connectivity index (χ1) is 8.41. The molecule has 1 saturated heterocycles. The first-order valence-corrected chi connectivity index (χ1v) is 7.58. The van der Waals surface area contributed by atoms with Gasteiger partial charge >= 0.3 is 0 Å². The minimum atomic E-state index is -3.20. The monoisotopic (exact) mass is 271 g/mol. The van der Waals surface area contributed by atoms with Crippen LogP contribution in [-0.2, 0) is 16.4 Å². The molecule has 0 saturated carbocycles. The Balaban J connectivity index is 2.20. The lowest BCUT2D eigenvalue weighted by molar-refractivity contribution is 0.0731. The van der Waals surface area contributed by atoms with Crippen LogP contribution in [0.3, 0.4) is 0 Å². The van der Waals surface area contributed by atoms with Gasteiger partial charge in [-0.1, -0.05) is 17.7 Å². The van der Waals surface area contributed by atoms with E-state index in [1.54, 1.807) is 6.07 Å². The highest BCUT2D eigenvalue weighted by molar-refractivity contribution is 7.91. The van der Waals surface area contributed by atoms with Crippen molar-refractivity contribution in [3.63, 3.8) is 0 Å². The lowest BCUT2D eigenvalue weighted by Crippen LogP contribution is -2.30. The summed E-state index contributed by atoms with van der Waals surface area (Å²) < 4.78 is 28.4. The number of hydrogen-bond acceptors (Lipinski definition) is 5. The smallest absolute Gasteiger partial charge is 0.156 e. The third kappa shape index (κ3) is 2.82. The van der Waals surface area contributed by atoms with Crippen LogP contribution in [0.15, 0.2) is 18.2 Å². The van der Waals surface area contributed by atoms with E-state index >= 15 is 0 Å². The van der Waals surface area contributed by atoms with Gasteiger partial charge in [-0.05, 0) is 13.0 Å². The topological polar surface area (TPSA) is 89.6 Å². The molecule has 1 heterocycles. The molecule has 0 radical (unpaired) electrons. The number of aliphatic hydroxyl groups excluding tert-OH is 1. The predicted octanol–water partition coefficient (Wildman–Crippen LogP) is -0.00958. The summed E-state index contributed by atoms with van der Waals surface area (Å²) in [5.74, 6) is 0.164. The summed E-state index contributed by atoms with van der Waals surface area (Å²) in [6.07, 6.45) is -1.68. The molecule has 0 aromatic heterocycles. The highest BCUT2D eigenvalue weighted by Crippen LogP contribution is 2.24. The minimum absolute atomic E-state index is 0.147. The molecule has 18 heavy (non-hydrogen) atoms. The molecule has 0 aliphatic carbocycles. The van der Waals surface area contributed by atoms with Crippen LogP contribution in [0, 0.1) is 6.92 Å². The van der Waals surface area contributed by atoms with Crippen molar-refractivity contribution in [1.82, 2.24) is 0 Å². The van der Waals surface area contributed by atoms with Crippen molar-refractivity contribution < 1.29 is 18.3 Å². The molecule has 2 rings (SSSR count). The van der Waals surface area contributed by atoms with Gasteiger partial charge in [-0.25, -0.2) is 8.42 Å². The van der Waals surface area contributed by atoms with Crippen LogP contribution >= 0.6 is 0 Å². The average molecular weight is 271 g/mol. The summed E-state index contributed by atoms with van der Waals surface area (Å²) in [5.41, 5.74) is 7.49. The predicted molar refractivity (Wildman–Crippen MR) is 68.1 cm³/mol. The number of nitrogens with two attached hydrogens (primary N) is 1. The molecule has 1 fully saturated rings. The fraction of sp³-hybridized carbons (Fsp3) is 0.500. The van der Waals surface area contributed by atoms with E-state index in [0.29, 0.717) is 12.3 Å². The maximum Gasteiger partial charge on any atom is 0.156 e. The normalized spacial score (nSPS) is 26.2. The molecule has 1 aromatic rings. The van der Waals surface area contributed by atoms with Crippen molar-refractivity contribution in [3.05, 3.63) is 29.3 Å². The van der Waals surface area contributed by atoms with Gasteiger partial charge in [0.25, 0.3) is 0 Å². The zero-order valence-corrected chi connectivity index (χ0v) is 11.0. The molecule has 6 heteroatoms. The standard InChI is InChI=1S/C12H17NO4S/c1-8-2-3-11(9(4-8)5-13)17-12-7-18(15,16)6-10(12)14/h2-4,10,12,14H,5-7,13H2,1H3. The second-order valence-corrected chi connectivity index (χ2v) is 6.77. The molecular formula is C12H17NO4S. The van der Waals surface area contributed by atoms with Crippen molar-refractivity contribution >= 4 is 9.84 Å². The Morgan fingerprint density at radius 2 is 2.17 bits per heavy atom. The van der Waals surface area contributed by atoms with Crippen LogP contribution in [0.4, 0.5) is 0 Å². The van der Waals surface area contributed by atoms with Gasteiger partial charge in [0.1, 0.15) is 18.0 Å². The van der Waals surface area contributed by atoms with E-state index in [1.165, 1.54) is 0 Å². The van der Waals surface area contributed by atoms with Crippen molar-refractivity contribution in [3.8, 4) is 5.75 Å². The van der Waals surface area contributed by atoms with Gasteiger partial charge in [-0.3, -0.25) is 0 Å². The molecule has 2 unspecified atom stereocenters. The second kappa shape index (κ2) is 4.87. The fourth-order valence-corrected chi connectivity index (χ4v) is 3.72. The number of sulfone groups is 1. The number of aryl methyl sites for hydroxylation is 1. The number of hydrogen-bond donors (Lipinski definition) is 2. The van der Waals surface area contributed by atoms with Gasteiger partial charge in [0.2, 0.25) is 0 Å². The Morgan fingerprint density at radius 3 is 2.72 bits per heavy atom. The van der Waals surface area contributed by atoms with E-state index < -0.39 is 22.0 Å². The molecule has 2 atom stereocenters. The molecule has 0 spiro atoms. The second-order valence-electron chi connectivity index (χ2n) is 4.62. The van der Waals surface area contributed by atoms with Gasteiger partial charge in [0, 0.05) is 12.1 Å². The Morgan fingerprint density at radius 1 is 1.44 bits per heavy atom. The first-order valence-electron chi connectivity index (χ1n) is 5.76.